The van der Waals surface area contributed by atoms with Crippen LogP contribution in [0.25, 0.3) is 0 Å². The highest BCUT2D eigenvalue weighted by molar-refractivity contribution is 5.89. The number of ether oxygens (including phenoxy) is 1. The minimum atomic E-state index is -0.999. The Morgan fingerprint density at radius 3 is 2.34 bits per heavy atom. The van der Waals surface area contributed by atoms with Gasteiger partial charge in [-0.25, -0.2) is 13.6 Å². The number of aromatic carboxylic acids is 1. The Morgan fingerprint density at radius 2 is 1.63 bits per heavy atom. The maximum atomic E-state index is 14.3. The summed E-state index contributed by atoms with van der Waals surface area (Å²) in [5.74, 6) is -1.76. The van der Waals surface area contributed by atoms with Gasteiger partial charge in [0.2, 0.25) is 5.91 Å². The first-order valence-electron chi connectivity index (χ1n) is 13.1. The summed E-state index contributed by atoms with van der Waals surface area (Å²) in [5, 5.41) is 9.31. The first-order valence-corrected chi connectivity index (χ1v) is 13.1. The molecular weight excluding hydrogens is 488 g/mol. The Balaban J connectivity index is 1.56. The monoisotopic (exact) mass is 523 g/mol. The van der Waals surface area contributed by atoms with E-state index in [2.05, 4.69) is 6.92 Å². The highest BCUT2D eigenvalue weighted by Crippen LogP contribution is 2.19. The normalized spacial score (nSPS) is 10.8. The zero-order valence-corrected chi connectivity index (χ0v) is 21.8. The molecule has 0 radical (unpaired) electrons. The van der Waals surface area contributed by atoms with Gasteiger partial charge in [0.05, 0.1) is 5.56 Å². The van der Waals surface area contributed by atoms with E-state index in [9.17, 15) is 23.5 Å². The lowest BCUT2D eigenvalue weighted by molar-refractivity contribution is -0.131. The van der Waals surface area contributed by atoms with E-state index in [0.717, 1.165) is 43.7 Å². The van der Waals surface area contributed by atoms with Crippen LogP contribution in [0.15, 0.2) is 66.7 Å². The highest BCUT2D eigenvalue weighted by atomic mass is 19.1. The van der Waals surface area contributed by atoms with Crippen LogP contribution in [-0.2, 0) is 24.4 Å². The minimum Gasteiger partial charge on any atom is -0.489 e. The molecular formula is C31H35F2NO4. The van der Waals surface area contributed by atoms with Gasteiger partial charge in [-0.15, -0.1) is 0 Å². The van der Waals surface area contributed by atoms with Crippen molar-refractivity contribution in [2.24, 2.45) is 0 Å². The number of hydrogen-bond acceptors (Lipinski definition) is 3. The fraction of sp³-hybridized carbons (Fsp3) is 0.355. The number of hydrogen-bond donors (Lipinski definition) is 1. The SMILES string of the molecule is CCCCCCCN(Cc1ccc(F)cc1F)C(=O)CCc1ccc(OCc2ccccc2C(=O)O)cc1. The van der Waals surface area contributed by atoms with Gasteiger partial charge in [-0.2, -0.15) is 0 Å². The van der Waals surface area contributed by atoms with E-state index in [1.165, 1.54) is 12.1 Å². The van der Waals surface area contributed by atoms with Crippen LogP contribution in [0.4, 0.5) is 8.78 Å². The summed E-state index contributed by atoms with van der Waals surface area (Å²) >= 11 is 0. The molecule has 0 fully saturated rings. The van der Waals surface area contributed by atoms with E-state index in [1.54, 1.807) is 41.3 Å². The molecule has 0 aromatic heterocycles. The number of nitrogens with zero attached hydrogens (tertiary/aromatic N) is 1. The molecule has 3 aromatic rings. The van der Waals surface area contributed by atoms with Gasteiger partial charge in [-0.1, -0.05) is 69.0 Å². The lowest BCUT2D eigenvalue weighted by Crippen LogP contribution is -2.32. The van der Waals surface area contributed by atoms with E-state index in [-0.39, 0.29) is 31.0 Å². The maximum absolute atomic E-state index is 14.3. The fourth-order valence-electron chi connectivity index (χ4n) is 4.23. The number of carboxylic acid groups (broad SMARTS) is 1. The largest absolute Gasteiger partial charge is 0.489 e. The molecule has 5 nitrogen and oxygen atoms in total. The number of aryl methyl sites for hydroxylation is 1. The van der Waals surface area contributed by atoms with Crippen molar-refractivity contribution in [1.82, 2.24) is 4.90 Å². The number of carbonyl (C=O) groups is 2. The van der Waals surface area contributed by atoms with Gasteiger partial charge in [0.15, 0.2) is 0 Å². The second-order valence-corrected chi connectivity index (χ2v) is 9.36. The molecule has 0 heterocycles. The van der Waals surface area contributed by atoms with E-state index in [0.29, 0.717) is 29.8 Å². The third-order valence-corrected chi connectivity index (χ3v) is 6.45. The molecule has 0 aliphatic rings. The van der Waals surface area contributed by atoms with Crippen LogP contribution in [0.2, 0.25) is 0 Å². The van der Waals surface area contributed by atoms with Crippen LogP contribution >= 0.6 is 0 Å². The zero-order valence-electron chi connectivity index (χ0n) is 21.8. The van der Waals surface area contributed by atoms with Gasteiger partial charge in [-0.3, -0.25) is 4.79 Å². The molecule has 7 heteroatoms. The Morgan fingerprint density at radius 1 is 0.895 bits per heavy atom. The topological polar surface area (TPSA) is 66.8 Å². The van der Waals surface area contributed by atoms with Crippen LogP contribution < -0.4 is 4.74 Å². The predicted octanol–water partition coefficient (Wildman–Crippen LogP) is 7.17. The number of benzene rings is 3. The molecule has 38 heavy (non-hydrogen) atoms. The van der Waals surface area contributed by atoms with Crippen LogP contribution in [0.3, 0.4) is 0 Å². The van der Waals surface area contributed by atoms with Crippen molar-refractivity contribution in [1.29, 1.82) is 0 Å². The number of carboxylic acids is 1. The van der Waals surface area contributed by atoms with Crippen molar-refractivity contribution in [3.8, 4) is 5.75 Å². The molecule has 0 aliphatic heterocycles. The lowest BCUT2D eigenvalue weighted by Gasteiger charge is -2.23. The van der Waals surface area contributed by atoms with Gasteiger partial charge >= 0.3 is 5.97 Å². The third-order valence-electron chi connectivity index (χ3n) is 6.45. The van der Waals surface area contributed by atoms with Crippen molar-refractivity contribution in [2.45, 2.75) is 65.0 Å². The second-order valence-electron chi connectivity index (χ2n) is 9.36. The summed E-state index contributed by atoms with van der Waals surface area (Å²) in [6, 6.07) is 17.5. The average molecular weight is 524 g/mol. The number of rotatable bonds is 15. The molecule has 3 aromatic carbocycles. The molecule has 0 saturated carbocycles. The molecule has 1 N–H and O–H groups in total. The van der Waals surface area contributed by atoms with Crippen molar-refractivity contribution in [2.75, 3.05) is 6.54 Å². The van der Waals surface area contributed by atoms with Crippen LogP contribution in [0.1, 0.15) is 72.5 Å². The summed E-state index contributed by atoms with van der Waals surface area (Å²) in [4.78, 5) is 26.1. The fourth-order valence-corrected chi connectivity index (χ4v) is 4.23. The molecule has 3 rings (SSSR count). The van der Waals surface area contributed by atoms with Crippen LogP contribution in [0, 0.1) is 11.6 Å². The number of unbranched alkanes of at least 4 members (excludes halogenated alkanes) is 4. The smallest absolute Gasteiger partial charge is 0.336 e. The second kappa shape index (κ2) is 14.9. The molecule has 0 bridgehead atoms. The summed E-state index contributed by atoms with van der Waals surface area (Å²) in [6.07, 6.45) is 5.99. The van der Waals surface area contributed by atoms with Crippen LogP contribution in [-0.4, -0.2) is 28.4 Å². The number of halogens is 2. The van der Waals surface area contributed by atoms with Crippen molar-refractivity contribution < 1.29 is 28.2 Å². The predicted molar refractivity (Wildman–Crippen MR) is 143 cm³/mol. The average Bonchev–Trinajstić information content (AvgIpc) is 2.91. The first-order chi connectivity index (χ1) is 18.4. The van der Waals surface area contributed by atoms with Crippen molar-refractivity contribution in [3.05, 3.63) is 101 Å². The molecule has 0 spiro atoms. The Kier molecular flexibility index (Phi) is 11.3. The van der Waals surface area contributed by atoms with Gasteiger partial charge in [-0.05, 0) is 42.7 Å². The maximum Gasteiger partial charge on any atom is 0.336 e. The lowest BCUT2D eigenvalue weighted by atomic mass is 10.1. The van der Waals surface area contributed by atoms with Gasteiger partial charge < -0.3 is 14.7 Å². The highest BCUT2D eigenvalue weighted by Gasteiger charge is 2.16. The van der Waals surface area contributed by atoms with Crippen molar-refractivity contribution >= 4 is 11.9 Å². The summed E-state index contributed by atoms with van der Waals surface area (Å²) in [6.45, 7) is 2.92. The quantitative estimate of drug-likeness (QED) is 0.214. The summed E-state index contributed by atoms with van der Waals surface area (Å²) in [7, 11) is 0. The van der Waals surface area contributed by atoms with Gasteiger partial charge in [0, 0.05) is 36.7 Å². The van der Waals surface area contributed by atoms with E-state index >= 15 is 0 Å². The Labute approximate surface area is 223 Å². The summed E-state index contributed by atoms with van der Waals surface area (Å²) < 4.78 is 33.4. The molecule has 0 atom stereocenters. The Bertz CT molecular complexity index is 1200. The molecule has 0 unspecified atom stereocenters. The zero-order chi connectivity index (χ0) is 27.3. The third kappa shape index (κ3) is 8.98. The van der Waals surface area contributed by atoms with Gasteiger partial charge in [0.25, 0.3) is 0 Å². The van der Waals surface area contributed by atoms with Crippen LogP contribution in [0.5, 0.6) is 5.75 Å². The summed E-state index contributed by atoms with van der Waals surface area (Å²) in [5.41, 5.74) is 2.05. The molecule has 0 saturated heterocycles. The molecule has 1 amide bonds. The van der Waals surface area contributed by atoms with E-state index < -0.39 is 17.6 Å². The van der Waals surface area contributed by atoms with Gasteiger partial charge in [0.1, 0.15) is 24.0 Å². The Hall–Kier alpha value is -3.74. The van der Waals surface area contributed by atoms with E-state index in [4.69, 9.17) is 4.74 Å². The minimum absolute atomic E-state index is 0.0742. The standard InChI is InChI=1S/C31H35F2NO4/c1-2-3-4-5-8-19-34(21-24-14-15-26(32)20-29(24)33)30(35)18-13-23-11-16-27(17-12-23)38-22-25-9-6-7-10-28(25)31(36)37/h6-7,9-12,14-17,20H,2-5,8,13,18-19,21-22H2,1H3,(H,36,37). The molecule has 202 valence electrons. The van der Waals surface area contributed by atoms with Crippen molar-refractivity contribution in [3.63, 3.8) is 0 Å². The van der Waals surface area contributed by atoms with E-state index in [1.807, 2.05) is 12.1 Å². The molecule has 0 aliphatic carbocycles. The number of carbonyl (C=O) groups excluding carboxylic acids is 1. The first kappa shape index (κ1) is 28.8. The number of amides is 1.